The summed E-state index contributed by atoms with van der Waals surface area (Å²) in [4.78, 5) is 19.5. The molecular formula is C22H20N4O2. The Morgan fingerprint density at radius 1 is 1.21 bits per heavy atom. The van der Waals surface area contributed by atoms with Crippen LogP contribution in [0.25, 0.3) is 27.6 Å². The van der Waals surface area contributed by atoms with Crippen molar-refractivity contribution in [1.82, 2.24) is 14.7 Å². The molecule has 5 heterocycles. The summed E-state index contributed by atoms with van der Waals surface area (Å²) >= 11 is 0. The molecule has 6 heteroatoms. The molecule has 1 N–H and O–H groups in total. The normalized spacial score (nSPS) is 21.2. The van der Waals surface area contributed by atoms with E-state index < -0.39 is 0 Å². The first-order chi connectivity index (χ1) is 13.6. The van der Waals surface area contributed by atoms with Crippen molar-refractivity contribution < 1.29 is 4.42 Å². The molecule has 2 atom stereocenters. The molecule has 2 fully saturated rings. The number of piperazine rings is 1. The molecule has 2 aliphatic heterocycles. The molecule has 0 radical (unpaired) electrons. The van der Waals surface area contributed by atoms with Crippen LogP contribution in [0.2, 0.25) is 0 Å². The molecule has 4 aromatic rings. The second kappa shape index (κ2) is 5.69. The summed E-state index contributed by atoms with van der Waals surface area (Å²) < 4.78 is 7.71. The zero-order chi connectivity index (χ0) is 18.8. The van der Waals surface area contributed by atoms with Crippen molar-refractivity contribution in [3.8, 4) is 11.1 Å². The Morgan fingerprint density at radius 3 is 2.96 bits per heavy atom. The Bertz CT molecular complexity index is 1290. The Kier molecular flexibility index (Phi) is 3.23. The van der Waals surface area contributed by atoms with Gasteiger partial charge in [-0.2, -0.15) is 0 Å². The lowest BCUT2D eigenvalue weighted by atomic mass is 10.1. The summed E-state index contributed by atoms with van der Waals surface area (Å²) in [7, 11) is 0. The number of nitrogens with zero attached hydrogens (tertiary/aromatic N) is 3. The second-order valence-electron chi connectivity index (χ2n) is 7.91. The number of hydrogen-bond acceptors (Lipinski definition) is 5. The fraction of sp³-hybridized carbons (Fsp3) is 0.273. The van der Waals surface area contributed by atoms with Gasteiger partial charge in [-0.25, -0.2) is 4.79 Å². The van der Waals surface area contributed by atoms with E-state index in [0.717, 1.165) is 40.9 Å². The van der Waals surface area contributed by atoms with Gasteiger partial charge in [-0.1, -0.05) is 0 Å². The van der Waals surface area contributed by atoms with E-state index in [1.165, 1.54) is 6.42 Å². The topological polar surface area (TPSA) is 62.8 Å². The van der Waals surface area contributed by atoms with E-state index in [4.69, 9.17) is 4.42 Å². The van der Waals surface area contributed by atoms with Gasteiger partial charge in [0.1, 0.15) is 5.58 Å². The van der Waals surface area contributed by atoms with Gasteiger partial charge in [-0.15, -0.1) is 0 Å². The molecule has 0 spiro atoms. The molecular weight excluding hydrogens is 352 g/mol. The first-order valence-corrected chi connectivity index (χ1v) is 9.67. The molecule has 3 aromatic heterocycles. The zero-order valence-electron chi connectivity index (χ0n) is 15.6. The first-order valence-electron chi connectivity index (χ1n) is 9.67. The first kappa shape index (κ1) is 15.9. The molecule has 28 heavy (non-hydrogen) atoms. The number of nitrogens with one attached hydrogen (secondary N) is 1. The van der Waals surface area contributed by atoms with Crippen LogP contribution in [-0.4, -0.2) is 34.6 Å². The third-order valence-corrected chi connectivity index (χ3v) is 6.02. The monoisotopic (exact) mass is 372 g/mol. The minimum atomic E-state index is -0.310. The van der Waals surface area contributed by atoms with Gasteiger partial charge in [-0.3, -0.25) is 4.98 Å². The highest BCUT2D eigenvalue weighted by Crippen LogP contribution is 2.32. The fourth-order valence-corrected chi connectivity index (χ4v) is 4.62. The van der Waals surface area contributed by atoms with Crippen molar-refractivity contribution in [3.63, 3.8) is 0 Å². The van der Waals surface area contributed by atoms with Gasteiger partial charge in [0, 0.05) is 60.3 Å². The van der Waals surface area contributed by atoms with Crippen LogP contribution < -0.4 is 15.8 Å². The highest BCUT2D eigenvalue weighted by atomic mass is 16.4. The summed E-state index contributed by atoms with van der Waals surface area (Å²) in [5.41, 5.74) is 4.76. The maximum absolute atomic E-state index is 12.7. The molecule has 0 aliphatic carbocycles. The maximum Gasteiger partial charge on any atom is 0.344 e. The predicted molar refractivity (Wildman–Crippen MR) is 109 cm³/mol. The van der Waals surface area contributed by atoms with Crippen molar-refractivity contribution in [1.29, 1.82) is 0 Å². The summed E-state index contributed by atoms with van der Waals surface area (Å²) in [5, 5.41) is 4.46. The summed E-state index contributed by atoms with van der Waals surface area (Å²) in [6.45, 7) is 3.99. The molecule has 2 aliphatic rings. The van der Waals surface area contributed by atoms with Crippen LogP contribution in [0.5, 0.6) is 0 Å². The van der Waals surface area contributed by atoms with Crippen LogP contribution in [0.4, 0.5) is 5.69 Å². The number of benzene rings is 1. The van der Waals surface area contributed by atoms with Crippen LogP contribution in [0.15, 0.2) is 58.1 Å². The van der Waals surface area contributed by atoms with E-state index in [9.17, 15) is 4.79 Å². The van der Waals surface area contributed by atoms with Gasteiger partial charge in [0.05, 0.1) is 23.0 Å². The predicted octanol–water partition coefficient (Wildman–Crippen LogP) is 2.97. The number of anilines is 1. The van der Waals surface area contributed by atoms with Crippen LogP contribution in [0, 0.1) is 6.92 Å². The number of aryl methyl sites for hydroxylation is 1. The van der Waals surface area contributed by atoms with Crippen LogP contribution in [0.1, 0.15) is 12.1 Å². The van der Waals surface area contributed by atoms with E-state index in [1.54, 1.807) is 0 Å². The molecule has 2 unspecified atom stereocenters. The molecule has 0 amide bonds. The van der Waals surface area contributed by atoms with E-state index in [2.05, 4.69) is 27.3 Å². The Hall–Kier alpha value is -3.12. The number of aromatic nitrogens is 2. The highest BCUT2D eigenvalue weighted by Gasteiger charge is 2.37. The average Bonchev–Trinajstić information content (AvgIpc) is 3.41. The third-order valence-electron chi connectivity index (χ3n) is 6.02. The lowest BCUT2D eigenvalue weighted by Crippen LogP contribution is -2.43. The molecule has 2 bridgehead atoms. The molecule has 140 valence electrons. The molecule has 0 saturated carbocycles. The van der Waals surface area contributed by atoms with Gasteiger partial charge in [0.15, 0.2) is 0 Å². The smallest absolute Gasteiger partial charge is 0.344 e. The molecule has 6 nitrogen and oxygen atoms in total. The van der Waals surface area contributed by atoms with Crippen LogP contribution >= 0.6 is 0 Å². The van der Waals surface area contributed by atoms with E-state index in [-0.39, 0.29) is 5.63 Å². The molecule has 1 aromatic carbocycles. The third kappa shape index (κ3) is 2.38. The number of fused-ring (bicyclic) bond motifs is 4. The Morgan fingerprint density at radius 2 is 2.14 bits per heavy atom. The van der Waals surface area contributed by atoms with Crippen LogP contribution in [0.3, 0.4) is 0 Å². The van der Waals surface area contributed by atoms with Gasteiger partial charge in [0.25, 0.3) is 0 Å². The Labute approximate surface area is 161 Å². The van der Waals surface area contributed by atoms with Crippen molar-refractivity contribution >= 4 is 22.2 Å². The summed E-state index contributed by atoms with van der Waals surface area (Å²) in [6.07, 6.45) is 6.90. The van der Waals surface area contributed by atoms with Crippen molar-refractivity contribution in [3.05, 3.63) is 65.0 Å². The van der Waals surface area contributed by atoms with E-state index in [1.807, 2.05) is 48.1 Å². The lowest BCUT2D eigenvalue weighted by Gasteiger charge is -2.29. The second-order valence-corrected chi connectivity index (χ2v) is 7.91. The van der Waals surface area contributed by atoms with Gasteiger partial charge < -0.3 is 19.0 Å². The lowest BCUT2D eigenvalue weighted by molar-refractivity contribution is 0.561. The largest absolute Gasteiger partial charge is 0.422 e. The summed E-state index contributed by atoms with van der Waals surface area (Å²) in [6, 6.07) is 11.2. The maximum atomic E-state index is 12.7. The zero-order valence-corrected chi connectivity index (χ0v) is 15.6. The average molecular weight is 372 g/mol. The van der Waals surface area contributed by atoms with E-state index >= 15 is 0 Å². The molecule has 2 saturated heterocycles. The standard InChI is InChI=1S/C22H20N4O2/c1-13-10-25-11-15(4-18(25)8-23-13)20-5-14-2-3-17(7-21(14)28-22(20)27)26-12-16-6-19(26)9-24-16/h2-5,7-8,10-11,16,19,24H,6,9,12H2,1H3. The van der Waals surface area contributed by atoms with Gasteiger partial charge in [-0.05, 0) is 37.6 Å². The quantitative estimate of drug-likeness (QED) is 0.548. The van der Waals surface area contributed by atoms with Gasteiger partial charge in [0.2, 0.25) is 0 Å². The van der Waals surface area contributed by atoms with Gasteiger partial charge >= 0.3 is 5.63 Å². The minimum absolute atomic E-state index is 0.310. The number of rotatable bonds is 2. The molecule has 6 rings (SSSR count). The van der Waals surface area contributed by atoms with Crippen molar-refractivity contribution in [2.45, 2.75) is 25.4 Å². The minimum Gasteiger partial charge on any atom is -0.422 e. The fourth-order valence-electron chi connectivity index (χ4n) is 4.62. The van der Waals surface area contributed by atoms with Crippen molar-refractivity contribution in [2.75, 3.05) is 18.0 Å². The summed E-state index contributed by atoms with van der Waals surface area (Å²) in [5.74, 6) is 0. The van der Waals surface area contributed by atoms with E-state index in [0.29, 0.717) is 23.2 Å². The highest BCUT2D eigenvalue weighted by molar-refractivity contribution is 5.85. The number of hydrogen-bond donors (Lipinski definition) is 1. The SMILES string of the molecule is Cc1cn2cc(-c3cc4ccc(N5CC6CC5CN6)cc4oc3=O)cc2cn1. The van der Waals surface area contributed by atoms with Crippen LogP contribution in [-0.2, 0) is 0 Å². The Balaban J connectivity index is 1.43. The van der Waals surface area contributed by atoms with Crippen molar-refractivity contribution in [2.24, 2.45) is 0 Å².